The number of aliphatic hydroxyl groups is 2. The normalized spacial score (nSPS) is 54.2. The molecule has 5 fully saturated rings. The van der Waals surface area contributed by atoms with Gasteiger partial charge in [0.2, 0.25) is 0 Å². The van der Waals surface area contributed by atoms with Gasteiger partial charge in [0.1, 0.15) is 0 Å². The third-order valence-electron chi connectivity index (χ3n) is 13.4. The van der Waals surface area contributed by atoms with Gasteiger partial charge in [-0.2, -0.15) is 0 Å². The monoisotopic (exact) mass is 442 g/mol. The SMILES string of the molecule is C=C(CO)[C@@H]1CC[C@]2(CO)CC[C@]3(C)[C@H](CC[C@@H]4[C@@]5(C)CCCC(C)(C)[C@@H]5CC[C@]43C)[C@@H]12. The van der Waals surface area contributed by atoms with E-state index in [-0.39, 0.29) is 12.0 Å². The van der Waals surface area contributed by atoms with E-state index in [0.717, 1.165) is 30.3 Å². The Hall–Kier alpha value is -0.340. The average molecular weight is 443 g/mol. The Morgan fingerprint density at radius 3 is 2.22 bits per heavy atom. The molecule has 5 rings (SSSR count). The largest absolute Gasteiger partial charge is 0.396 e. The molecule has 0 aliphatic heterocycles. The van der Waals surface area contributed by atoms with Gasteiger partial charge in [0.15, 0.2) is 0 Å². The van der Waals surface area contributed by atoms with Gasteiger partial charge in [-0.3, -0.25) is 0 Å². The van der Waals surface area contributed by atoms with Crippen LogP contribution in [-0.2, 0) is 0 Å². The van der Waals surface area contributed by atoms with Gasteiger partial charge >= 0.3 is 0 Å². The summed E-state index contributed by atoms with van der Waals surface area (Å²) in [7, 11) is 0. The van der Waals surface area contributed by atoms with E-state index < -0.39 is 0 Å². The van der Waals surface area contributed by atoms with Crippen molar-refractivity contribution in [2.45, 2.75) is 105 Å². The zero-order valence-corrected chi connectivity index (χ0v) is 21.7. The first-order valence-corrected chi connectivity index (χ1v) is 13.9. The highest BCUT2D eigenvalue weighted by molar-refractivity contribution is 5.21. The Morgan fingerprint density at radius 1 is 0.781 bits per heavy atom. The molecule has 0 aromatic heterocycles. The minimum absolute atomic E-state index is 0.0735. The first kappa shape index (κ1) is 23.4. The molecule has 182 valence electrons. The molecule has 2 N–H and O–H groups in total. The molecular weight excluding hydrogens is 392 g/mol. The maximum Gasteiger partial charge on any atom is 0.0641 e. The van der Waals surface area contributed by atoms with Gasteiger partial charge in [0.25, 0.3) is 0 Å². The molecule has 0 spiro atoms. The Bertz CT molecular complexity index is 771. The van der Waals surface area contributed by atoms with Crippen LogP contribution in [0.4, 0.5) is 0 Å². The van der Waals surface area contributed by atoms with E-state index in [2.05, 4.69) is 41.2 Å². The summed E-state index contributed by atoms with van der Waals surface area (Å²) < 4.78 is 0. The van der Waals surface area contributed by atoms with Crippen molar-refractivity contribution in [3.63, 3.8) is 0 Å². The van der Waals surface area contributed by atoms with Gasteiger partial charge in [-0.25, -0.2) is 0 Å². The van der Waals surface area contributed by atoms with Crippen molar-refractivity contribution in [2.24, 2.45) is 56.7 Å². The van der Waals surface area contributed by atoms with Crippen LogP contribution in [0.25, 0.3) is 0 Å². The van der Waals surface area contributed by atoms with E-state index in [9.17, 15) is 10.2 Å². The number of aliphatic hydroxyl groups excluding tert-OH is 2. The van der Waals surface area contributed by atoms with Crippen LogP contribution in [0.3, 0.4) is 0 Å². The molecule has 5 saturated carbocycles. The van der Waals surface area contributed by atoms with Crippen LogP contribution in [0.2, 0.25) is 0 Å². The Morgan fingerprint density at radius 2 is 1.53 bits per heavy atom. The summed E-state index contributed by atoms with van der Waals surface area (Å²) in [4.78, 5) is 0. The predicted octanol–water partition coefficient (Wildman–Crippen LogP) is 7.00. The van der Waals surface area contributed by atoms with E-state index in [0.29, 0.717) is 46.0 Å². The van der Waals surface area contributed by atoms with Crippen molar-refractivity contribution in [1.29, 1.82) is 0 Å². The molecule has 32 heavy (non-hydrogen) atoms. The molecule has 5 aliphatic rings. The predicted molar refractivity (Wildman–Crippen MR) is 132 cm³/mol. The van der Waals surface area contributed by atoms with E-state index in [1.165, 1.54) is 57.8 Å². The highest BCUT2D eigenvalue weighted by Gasteiger charge is 2.70. The maximum absolute atomic E-state index is 10.7. The lowest BCUT2D eigenvalue weighted by Gasteiger charge is -2.72. The Balaban J connectivity index is 1.55. The fourth-order valence-electron chi connectivity index (χ4n) is 11.7. The molecular formula is C30H50O2. The molecule has 0 saturated heterocycles. The molecule has 2 nitrogen and oxygen atoms in total. The average Bonchev–Trinajstić information content (AvgIpc) is 3.13. The van der Waals surface area contributed by atoms with Crippen LogP contribution in [0.15, 0.2) is 12.2 Å². The second-order valence-corrected chi connectivity index (χ2v) is 14.5. The maximum atomic E-state index is 10.7. The van der Waals surface area contributed by atoms with E-state index >= 15 is 0 Å². The molecule has 2 heteroatoms. The number of hydrogen-bond donors (Lipinski definition) is 2. The smallest absolute Gasteiger partial charge is 0.0641 e. The third-order valence-corrected chi connectivity index (χ3v) is 13.4. The van der Waals surface area contributed by atoms with Crippen LogP contribution in [0.1, 0.15) is 105 Å². The molecule has 0 radical (unpaired) electrons. The molecule has 9 atom stereocenters. The second kappa shape index (κ2) is 7.33. The summed E-state index contributed by atoms with van der Waals surface area (Å²) in [6.45, 7) is 17.9. The summed E-state index contributed by atoms with van der Waals surface area (Å²) in [6, 6.07) is 0. The zero-order chi connectivity index (χ0) is 23.2. The van der Waals surface area contributed by atoms with E-state index in [1.54, 1.807) is 0 Å². The lowest BCUT2D eigenvalue weighted by Crippen LogP contribution is -2.65. The number of fused-ring (bicyclic) bond motifs is 7. The second-order valence-electron chi connectivity index (χ2n) is 14.5. The molecule has 0 aromatic rings. The minimum atomic E-state index is 0.0735. The molecule has 0 heterocycles. The van der Waals surface area contributed by atoms with Gasteiger partial charge < -0.3 is 10.2 Å². The molecule has 0 aromatic carbocycles. The van der Waals surface area contributed by atoms with Gasteiger partial charge in [0.05, 0.1) is 6.61 Å². The van der Waals surface area contributed by atoms with Gasteiger partial charge in [-0.15, -0.1) is 0 Å². The Labute approximate surface area is 197 Å². The lowest BCUT2D eigenvalue weighted by atomic mass is 9.32. The number of rotatable bonds is 3. The van der Waals surface area contributed by atoms with Crippen molar-refractivity contribution in [2.75, 3.05) is 13.2 Å². The van der Waals surface area contributed by atoms with E-state index in [1.807, 2.05) is 0 Å². The van der Waals surface area contributed by atoms with Crippen LogP contribution in [0, 0.1) is 56.7 Å². The molecule has 0 amide bonds. The summed E-state index contributed by atoms with van der Waals surface area (Å²) in [6.07, 6.45) is 14.4. The van der Waals surface area contributed by atoms with Crippen LogP contribution < -0.4 is 0 Å². The standard InChI is InChI=1S/C30H50O2/c1-20(18-31)21-10-15-30(19-32)17-16-28(5)22(25(21)30)8-9-24-27(4)13-7-12-26(2,3)23(27)11-14-29(24,28)6/h21-25,31-32H,1,7-19H2,2-6H3/t21-,22+,23-,24+,25+,27-,28+,29+,30+/m0/s1. The van der Waals surface area contributed by atoms with Crippen molar-refractivity contribution < 1.29 is 10.2 Å². The first-order valence-electron chi connectivity index (χ1n) is 13.9. The fraction of sp³-hybridized carbons (Fsp3) is 0.933. The van der Waals surface area contributed by atoms with Gasteiger partial charge in [0, 0.05) is 6.61 Å². The van der Waals surface area contributed by atoms with Crippen molar-refractivity contribution in [3.05, 3.63) is 12.2 Å². The molecule has 0 unspecified atom stereocenters. The number of hydrogen-bond acceptors (Lipinski definition) is 2. The quantitative estimate of drug-likeness (QED) is 0.462. The molecule has 5 aliphatic carbocycles. The van der Waals surface area contributed by atoms with Gasteiger partial charge in [-0.1, -0.05) is 47.6 Å². The summed E-state index contributed by atoms with van der Waals surface area (Å²) in [5, 5.41) is 20.6. The molecule has 0 bridgehead atoms. The Kier molecular flexibility index (Phi) is 5.36. The fourth-order valence-corrected chi connectivity index (χ4v) is 11.7. The van der Waals surface area contributed by atoms with Gasteiger partial charge in [-0.05, 0) is 126 Å². The topological polar surface area (TPSA) is 40.5 Å². The summed E-state index contributed by atoms with van der Waals surface area (Å²) in [5.74, 6) is 3.28. The van der Waals surface area contributed by atoms with Crippen LogP contribution in [0.5, 0.6) is 0 Å². The van der Waals surface area contributed by atoms with E-state index in [4.69, 9.17) is 0 Å². The summed E-state index contributed by atoms with van der Waals surface area (Å²) >= 11 is 0. The van der Waals surface area contributed by atoms with Crippen molar-refractivity contribution in [3.8, 4) is 0 Å². The van der Waals surface area contributed by atoms with Crippen LogP contribution in [-0.4, -0.2) is 23.4 Å². The van der Waals surface area contributed by atoms with Crippen LogP contribution >= 0.6 is 0 Å². The zero-order valence-electron chi connectivity index (χ0n) is 21.7. The lowest BCUT2D eigenvalue weighted by molar-refractivity contribution is -0.238. The highest BCUT2D eigenvalue weighted by atomic mass is 16.3. The summed E-state index contributed by atoms with van der Waals surface area (Å²) in [5.41, 5.74) is 2.81. The first-order chi connectivity index (χ1) is 15.0. The minimum Gasteiger partial charge on any atom is -0.396 e. The van der Waals surface area contributed by atoms with Crippen molar-refractivity contribution >= 4 is 0 Å². The third kappa shape index (κ3) is 2.78. The van der Waals surface area contributed by atoms with Crippen molar-refractivity contribution in [1.82, 2.24) is 0 Å². The highest BCUT2D eigenvalue weighted by Crippen LogP contribution is 2.77.